The van der Waals surface area contributed by atoms with Crippen molar-refractivity contribution in [3.63, 3.8) is 0 Å². The summed E-state index contributed by atoms with van der Waals surface area (Å²) in [5, 5.41) is 2.99. The van der Waals surface area contributed by atoms with Crippen molar-refractivity contribution < 1.29 is 4.79 Å². The number of rotatable bonds is 3. The highest BCUT2D eigenvalue weighted by molar-refractivity contribution is 5.75. The third kappa shape index (κ3) is 2.54. The minimum Gasteiger partial charge on any atom is -0.335 e. The number of hydrogen-bond acceptors (Lipinski definition) is 1. The lowest BCUT2D eigenvalue weighted by molar-refractivity contribution is 0.194. The molecule has 0 bridgehead atoms. The summed E-state index contributed by atoms with van der Waals surface area (Å²) in [6, 6.07) is 10.6. The molecule has 1 saturated carbocycles. The second-order valence-electron chi connectivity index (χ2n) is 4.42. The highest BCUT2D eigenvalue weighted by Gasteiger charge is 2.26. The standard InChI is InChI=1S/C13H18N2O/c1-10(11-6-4-3-5-7-11)15(2)13(16)14-12-8-9-12/h3-7,10,12H,8-9H2,1-2H3,(H,14,16). The van der Waals surface area contributed by atoms with E-state index in [1.807, 2.05) is 44.3 Å². The molecule has 1 aliphatic carbocycles. The Bertz CT molecular complexity index is 359. The van der Waals surface area contributed by atoms with Gasteiger partial charge in [-0.2, -0.15) is 0 Å². The van der Waals surface area contributed by atoms with Gasteiger partial charge < -0.3 is 10.2 Å². The van der Waals surface area contributed by atoms with Crippen LogP contribution in [0.3, 0.4) is 0 Å². The predicted molar refractivity (Wildman–Crippen MR) is 64.2 cm³/mol. The Hall–Kier alpha value is -1.51. The van der Waals surface area contributed by atoms with Crippen LogP contribution in [0.4, 0.5) is 4.79 Å². The molecule has 1 fully saturated rings. The number of hydrogen-bond donors (Lipinski definition) is 1. The molecule has 3 nitrogen and oxygen atoms in total. The van der Waals surface area contributed by atoms with E-state index in [-0.39, 0.29) is 12.1 Å². The first-order chi connectivity index (χ1) is 7.68. The van der Waals surface area contributed by atoms with E-state index in [0.29, 0.717) is 6.04 Å². The van der Waals surface area contributed by atoms with Crippen molar-refractivity contribution in [2.75, 3.05) is 7.05 Å². The molecule has 0 spiro atoms. The Kier molecular flexibility index (Phi) is 3.13. The number of benzene rings is 1. The van der Waals surface area contributed by atoms with E-state index in [1.54, 1.807) is 4.90 Å². The van der Waals surface area contributed by atoms with Crippen molar-refractivity contribution in [1.29, 1.82) is 0 Å². The average Bonchev–Trinajstić information content (AvgIpc) is 3.12. The average molecular weight is 218 g/mol. The Morgan fingerprint density at radius 1 is 1.38 bits per heavy atom. The lowest BCUT2D eigenvalue weighted by Crippen LogP contribution is -2.39. The largest absolute Gasteiger partial charge is 0.335 e. The molecule has 2 rings (SSSR count). The van der Waals surface area contributed by atoms with Crippen LogP contribution < -0.4 is 5.32 Å². The Morgan fingerprint density at radius 2 is 2.00 bits per heavy atom. The molecule has 2 amide bonds. The van der Waals surface area contributed by atoms with Gasteiger partial charge in [-0.3, -0.25) is 0 Å². The number of nitrogens with zero attached hydrogens (tertiary/aromatic N) is 1. The van der Waals surface area contributed by atoms with Gasteiger partial charge in [0.15, 0.2) is 0 Å². The monoisotopic (exact) mass is 218 g/mol. The van der Waals surface area contributed by atoms with E-state index < -0.39 is 0 Å². The summed E-state index contributed by atoms with van der Waals surface area (Å²) in [7, 11) is 1.84. The highest BCUT2D eigenvalue weighted by atomic mass is 16.2. The second kappa shape index (κ2) is 4.56. The summed E-state index contributed by atoms with van der Waals surface area (Å²) in [6.45, 7) is 2.04. The lowest BCUT2D eigenvalue weighted by Gasteiger charge is -2.25. The van der Waals surface area contributed by atoms with Crippen LogP contribution in [0.5, 0.6) is 0 Å². The third-order valence-corrected chi connectivity index (χ3v) is 3.09. The SMILES string of the molecule is CC(c1ccccc1)N(C)C(=O)NC1CC1. The molecule has 1 unspecified atom stereocenters. The van der Waals surface area contributed by atoms with E-state index in [9.17, 15) is 4.79 Å². The van der Waals surface area contributed by atoms with E-state index in [2.05, 4.69) is 5.32 Å². The fourth-order valence-corrected chi connectivity index (χ4v) is 1.64. The van der Waals surface area contributed by atoms with Crippen molar-refractivity contribution in [2.24, 2.45) is 0 Å². The second-order valence-corrected chi connectivity index (χ2v) is 4.42. The van der Waals surface area contributed by atoms with Crippen molar-refractivity contribution in [3.8, 4) is 0 Å². The first-order valence-corrected chi connectivity index (χ1v) is 5.77. The summed E-state index contributed by atoms with van der Waals surface area (Å²) in [6.07, 6.45) is 2.25. The molecule has 1 aromatic carbocycles. The molecule has 3 heteroatoms. The van der Waals surface area contributed by atoms with Crippen LogP contribution in [0.1, 0.15) is 31.4 Å². The molecule has 0 aromatic heterocycles. The minimum atomic E-state index is 0.0267. The van der Waals surface area contributed by atoms with Gasteiger partial charge in [-0.25, -0.2) is 4.79 Å². The van der Waals surface area contributed by atoms with E-state index in [1.165, 1.54) is 0 Å². The van der Waals surface area contributed by atoms with Crippen LogP contribution in [-0.4, -0.2) is 24.0 Å². The molecule has 0 saturated heterocycles. The zero-order valence-electron chi connectivity index (χ0n) is 9.81. The van der Waals surface area contributed by atoms with E-state index in [0.717, 1.165) is 18.4 Å². The van der Waals surface area contributed by atoms with Gasteiger partial charge in [0.25, 0.3) is 0 Å². The fraction of sp³-hybridized carbons (Fsp3) is 0.462. The first-order valence-electron chi connectivity index (χ1n) is 5.77. The molecular weight excluding hydrogens is 200 g/mol. The number of amides is 2. The smallest absolute Gasteiger partial charge is 0.317 e. The van der Waals surface area contributed by atoms with Gasteiger partial charge in [-0.1, -0.05) is 30.3 Å². The number of carbonyl (C=O) groups excluding carboxylic acids is 1. The van der Waals surface area contributed by atoms with Gasteiger partial charge in [-0.05, 0) is 25.3 Å². The van der Waals surface area contributed by atoms with Gasteiger partial charge in [0.05, 0.1) is 6.04 Å². The van der Waals surface area contributed by atoms with E-state index in [4.69, 9.17) is 0 Å². The molecule has 1 aliphatic rings. The lowest BCUT2D eigenvalue weighted by atomic mass is 10.1. The van der Waals surface area contributed by atoms with Crippen LogP contribution in [0.2, 0.25) is 0 Å². The highest BCUT2D eigenvalue weighted by Crippen LogP contribution is 2.21. The molecule has 1 N–H and O–H groups in total. The maximum atomic E-state index is 11.8. The molecule has 0 aliphatic heterocycles. The fourth-order valence-electron chi connectivity index (χ4n) is 1.64. The third-order valence-electron chi connectivity index (χ3n) is 3.09. The molecule has 0 heterocycles. The van der Waals surface area contributed by atoms with Gasteiger partial charge >= 0.3 is 6.03 Å². The van der Waals surface area contributed by atoms with Crippen molar-refractivity contribution >= 4 is 6.03 Å². The van der Waals surface area contributed by atoms with Crippen molar-refractivity contribution in [2.45, 2.75) is 31.8 Å². The normalized spacial score (nSPS) is 16.6. The first kappa shape index (κ1) is 11.0. The van der Waals surface area contributed by atoms with Gasteiger partial charge in [0.2, 0.25) is 0 Å². The summed E-state index contributed by atoms with van der Waals surface area (Å²) < 4.78 is 0. The molecule has 0 radical (unpaired) electrons. The van der Waals surface area contributed by atoms with Gasteiger partial charge in [0.1, 0.15) is 0 Å². The van der Waals surface area contributed by atoms with Gasteiger partial charge in [-0.15, -0.1) is 0 Å². The summed E-state index contributed by atoms with van der Waals surface area (Å²) in [4.78, 5) is 13.6. The van der Waals surface area contributed by atoms with Crippen LogP contribution >= 0.6 is 0 Å². The van der Waals surface area contributed by atoms with Crippen LogP contribution in [-0.2, 0) is 0 Å². The predicted octanol–water partition coefficient (Wildman–Crippen LogP) is 2.55. The summed E-state index contributed by atoms with van der Waals surface area (Å²) in [5.74, 6) is 0. The van der Waals surface area contributed by atoms with Gasteiger partial charge in [0, 0.05) is 13.1 Å². The van der Waals surface area contributed by atoms with Crippen LogP contribution in [0.15, 0.2) is 30.3 Å². The number of urea groups is 1. The Balaban J connectivity index is 1.97. The maximum Gasteiger partial charge on any atom is 0.317 e. The summed E-state index contributed by atoms with van der Waals surface area (Å²) >= 11 is 0. The van der Waals surface area contributed by atoms with Crippen molar-refractivity contribution in [1.82, 2.24) is 10.2 Å². The Morgan fingerprint density at radius 3 is 2.56 bits per heavy atom. The maximum absolute atomic E-state index is 11.8. The Labute approximate surface area is 96.5 Å². The number of nitrogens with one attached hydrogen (secondary N) is 1. The quantitative estimate of drug-likeness (QED) is 0.830. The molecule has 86 valence electrons. The van der Waals surface area contributed by atoms with Crippen LogP contribution in [0, 0.1) is 0 Å². The zero-order chi connectivity index (χ0) is 11.5. The molecule has 16 heavy (non-hydrogen) atoms. The molecular formula is C13H18N2O. The summed E-state index contributed by atoms with van der Waals surface area (Å²) in [5.41, 5.74) is 1.16. The minimum absolute atomic E-state index is 0.0267. The molecule has 1 aromatic rings. The number of carbonyl (C=O) groups is 1. The van der Waals surface area contributed by atoms with Crippen LogP contribution in [0.25, 0.3) is 0 Å². The molecule has 1 atom stereocenters. The van der Waals surface area contributed by atoms with E-state index >= 15 is 0 Å². The van der Waals surface area contributed by atoms with Crippen molar-refractivity contribution in [3.05, 3.63) is 35.9 Å². The topological polar surface area (TPSA) is 32.3 Å². The zero-order valence-corrected chi connectivity index (χ0v) is 9.81.